The lowest BCUT2D eigenvalue weighted by Crippen LogP contribution is -2.28. The standard InChI is InChI=1S/2C11H15NO/c2*13-11(10-7-4-8-12-10)9-5-2-1-3-6-9/h2*1-3,5-6,10-13H,4,7-8H2/t2*10-,11+/m10/s1. The normalized spacial score (nSPS) is 24.5. The fourth-order valence-corrected chi connectivity index (χ4v) is 3.73. The molecule has 26 heavy (non-hydrogen) atoms. The average molecular weight is 354 g/mol. The van der Waals surface area contributed by atoms with Crippen molar-refractivity contribution in [1.29, 1.82) is 0 Å². The van der Waals surface area contributed by atoms with Crippen molar-refractivity contribution in [3.63, 3.8) is 0 Å². The summed E-state index contributed by atoms with van der Waals surface area (Å²) >= 11 is 0. The molecule has 0 bridgehead atoms. The van der Waals surface area contributed by atoms with Crippen LogP contribution in [0.3, 0.4) is 0 Å². The van der Waals surface area contributed by atoms with Gasteiger partial charge in [0.1, 0.15) is 0 Å². The summed E-state index contributed by atoms with van der Waals surface area (Å²) in [6.45, 7) is 2.07. The van der Waals surface area contributed by atoms with Crippen molar-refractivity contribution >= 4 is 0 Å². The van der Waals surface area contributed by atoms with Gasteiger partial charge in [-0.2, -0.15) is 0 Å². The van der Waals surface area contributed by atoms with E-state index < -0.39 is 0 Å². The highest BCUT2D eigenvalue weighted by Crippen LogP contribution is 2.23. The van der Waals surface area contributed by atoms with Gasteiger partial charge in [0, 0.05) is 12.1 Å². The van der Waals surface area contributed by atoms with Gasteiger partial charge >= 0.3 is 0 Å². The Morgan fingerprint density at radius 1 is 0.654 bits per heavy atom. The Morgan fingerprint density at radius 3 is 1.35 bits per heavy atom. The van der Waals surface area contributed by atoms with Crippen molar-refractivity contribution in [1.82, 2.24) is 10.6 Å². The number of aliphatic hydroxyl groups is 2. The fourth-order valence-electron chi connectivity index (χ4n) is 3.73. The van der Waals surface area contributed by atoms with Crippen LogP contribution in [0.15, 0.2) is 60.7 Å². The number of hydrogen-bond acceptors (Lipinski definition) is 4. The largest absolute Gasteiger partial charge is 0.387 e. The Labute approximate surface area is 156 Å². The van der Waals surface area contributed by atoms with Crippen LogP contribution in [0, 0.1) is 0 Å². The van der Waals surface area contributed by atoms with Crippen LogP contribution < -0.4 is 10.6 Å². The molecular formula is C22H30N2O2. The first-order valence-corrected chi connectivity index (χ1v) is 9.68. The molecular weight excluding hydrogens is 324 g/mol. The Hall–Kier alpha value is -1.72. The van der Waals surface area contributed by atoms with Crippen molar-refractivity contribution in [2.45, 2.75) is 50.0 Å². The molecule has 140 valence electrons. The molecule has 4 heteroatoms. The molecule has 2 fully saturated rings. The lowest BCUT2D eigenvalue weighted by atomic mass is 10.0. The molecule has 4 nitrogen and oxygen atoms in total. The molecule has 0 aliphatic carbocycles. The molecule has 0 unspecified atom stereocenters. The minimum absolute atomic E-state index is 0.252. The van der Waals surface area contributed by atoms with E-state index in [1.165, 1.54) is 12.8 Å². The minimum Gasteiger partial charge on any atom is -0.387 e. The van der Waals surface area contributed by atoms with E-state index in [4.69, 9.17) is 0 Å². The second kappa shape index (κ2) is 9.83. The number of aliphatic hydroxyl groups excluding tert-OH is 2. The molecule has 2 aromatic rings. The zero-order chi connectivity index (χ0) is 18.2. The highest BCUT2D eigenvalue weighted by Gasteiger charge is 2.24. The third-order valence-corrected chi connectivity index (χ3v) is 5.24. The summed E-state index contributed by atoms with van der Waals surface area (Å²) in [4.78, 5) is 0. The summed E-state index contributed by atoms with van der Waals surface area (Å²) in [6, 6.07) is 20.2. The highest BCUT2D eigenvalue weighted by atomic mass is 16.3. The smallest absolute Gasteiger partial charge is 0.0942 e. The van der Waals surface area contributed by atoms with E-state index in [-0.39, 0.29) is 24.3 Å². The molecule has 2 heterocycles. The van der Waals surface area contributed by atoms with Crippen LogP contribution in [0.2, 0.25) is 0 Å². The molecule has 0 saturated carbocycles. The quantitative estimate of drug-likeness (QED) is 0.682. The first-order valence-electron chi connectivity index (χ1n) is 9.68. The zero-order valence-electron chi connectivity index (χ0n) is 15.2. The van der Waals surface area contributed by atoms with Gasteiger partial charge < -0.3 is 20.8 Å². The SMILES string of the molecule is O[C@@H](c1ccccc1)[C@H]1CCCN1.O[C@H](c1ccccc1)[C@@H]1CCCN1. The first-order chi connectivity index (χ1) is 12.8. The molecule has 0 aromatic heterocycles. The van der Waals surface area contributed by atoms with Crippen molar-refractivity contribution in [3.05, 3.63) is 71.8 Å². The molecule has 0 amide bonds. The molecule has 4 atom stereocenters. The maximum absolute atomic E-state index is 9.96. The van der Waals surface area contributed by atoms with E-state index in [0.29, 0.717) is 0 Å². The van der Waals surface area contributed by atoms with E-state index >= 15 is 0 Å². The van der Waals surface area contributed by atoms with E-state index in [0.717, 1.165) is 37.1 Å². The summed E-state index contributed by atoms with van der Waals surface area (Å²) in [5.41, 5.74) is 2.03. The van der Waals surface area contributed by atoms with Crippen LogP contribution in [0.5, 0.6) is 0 Å². The van der Waals surface area contributed by atoms with Crippen molar-refractivity contribution < 1.29 is 10.2 Å². The van der Waals surface area contributed by atoms with Gasteiger partial charge in [-0.3, -0.25) is 0 Å². The van der Waals surface area contributed by atoms with Gasteiger partial charge in [0.05, 0.1) is 12.2 Å². The summed E-state index contributed by atoms with van der Waals surface area (Å²) in [6.07, 6.45) is 3.82. The monoisotopic (exact) mass is 354 g/mol. The number of rotatable bonds is 4. The van der Waals surface area contributed by atoms with Crippen LogP contribution in [-0.2, 0) is 0 Å². The lowest BCUT2D eigenvalue weighted by Gasteiger charge is -2.18. The van der Waals surface area contributed by atoms with Crippen LogP contribution in [0.1, 0.15) is 49.0 Å². The Balaban J connectivity index is 0.000000151. The van der Waals surface area contributed by atoms with Crippen molar-refractivity contribution in [3.8, 4) is 0 Å². The molecule has 2 aromatic carbocycles. The summed E-state index contributed by atoms with van der Waals surface area (Å²) in [5, 5.41) is 26.5. The highest BCUT2D eigenvalue weighted by molar-refractivity contribution is 5.20. The second-order valence-corrected chi connectivity index (χ2v) is 7.12. The van der Waals surface area contributed by atoms with Crippen LogP contribution in [0.25, 0.3) is 0 Å². The molecule has 4 N–H and O–H groups in total. The summed E-state index contributed by atoms with van der Waals surface area (Å²) in [5.74, 6) is 0. The van der Waals surface area contributed by atoms with E-state index in [1.54, 1.807) is 0 Å². The van der Waals surface area contributed by atoms with Crippen LogP contribution in [-0.4, -0.2) is 35.4 Å². The van der Waals surface area contributed by atoms with E-state index in [2.05, 4.69) is 10.6 Å². The van der Waals surface area contributed by atoms with E-state index in [1.807, 2.05) is 60.7 Å². The predicted octanol–water partition coefficient (Wildman–Crippen LogP) is 2.94. The Morgan fingerprint density at radius 2 is 1.04 bits per heavy atom. The lowest BCUT2D eigenvalue weighted by molar-refractivity contribution is 0.137. The number of hydrogen-bond donors (Lipinski definition) is 4. The molecule has 0 spiro atoms. The Bertz CT molecular complexity index is 566. The number of benzene rings is 2. The molecule has 4 rings (SSSR count). The molecule has 2 saturated heterocycles. The fraction of sp³-hybridized carbons (Fsp3) is 0.455. The van der Waals surface area contributed by atoms with Gasteiger partial charge in [-0.1, -0.05) is 60.7 Å². The van der Waals surface area contributed by atoms with Gasteiger partial charge in [-0.25, -0.2) is 0 Å². The summed E-state index contributed by atoms with van der Waals surface area (Å²) in [7, 11) is 0. The van der Waals surface area contributed by atoms with Crippen molar-refractivity contribution in [2.75, 3.05) is 13.1 Å². The molecule has 2 aliphatic rings. The van der Waals surface area contributed by atoms with Crippen LogP contribution in [0.4, 0.5) is 0 Å². The third-order valence-electron chi connectivity index (χ3n) is 5.24. The van der Waals surface area contributed by atoms with Crippen LogP contribution >= 0.6 is 0 Å². The average Bonchev–Trinajstić information content (AvgIpc) is 3.43. The van der Waals surface area contributed by atoms with Gasteiger partial charge in [0.15, 0.2) is 0 Å². The third kappa shape index (κ3) is 5.15. The minimum atomic E-state index is -0.344. The summed E-state index contributed by atoms with van der Waals surface area (Å²) < 4.78 is 0. The number of nitrogens with one attached hydrogen (secondary N) is 2. The molecule has 2 aliphatic heterocycles. The second-order valence-electron chi connectivity index (χ2n) is 7.12. The topological polar surface area (TPSA) is 64.5 Å². The first kappa shape index (κ1) is 19.1. The van der Waals surface area contributed by atoms with Gasteiger partial charge in [0.2, 0.25) is 0 Å². The maximum atomic E-state index is 9.96. The predicted molar refractivity (Wildman–Crippen MR) is 105 cm³/mol. The maximum Gasteiger partial charge on any atom is 0.0942 e. The zero-order valence-corrected chi connectivity index (χ0v) is 15.2. The van der Waals surface area contributed by atoms with Gasteiger partial charge in [0.25, 0.3) is 0 Å². The van der Waals surface area contributed by atoms with Gasteiger partial charge in [-0.05, 0) is 49.9 Å². The van der Waals surface area contributed by atoms with Crippen molar-refractivity contribution in [2.24, 2.45) is 0 Å². The van der Waals surface area contributed by atoms with Gasteiger partial charge in [-0.15, -0.1) is 0 Å². The Kier molecular flexibility index (Phi) is 7.21. The van der Waals surface area contributed by atoms with E-state index in [9.17, 15) is 10.2 Å². The molecule has 0 radical (unpaired) electrons.